The summed E-state index contributed by atoms with van der Waals surface area (Å²) in [4.78, 5) is 16.1. The van der Waals surface area contributed by atoms with E-state index in [1.165, 1.54) is 0 Å². The van der Waals surface area contributed by atoms with E-state index in [9.17, 15) is 4.79 Å². The van der Waals surface area contributed by atoms with E-state index in [0.717, 1.165) is 15.6 Å². The normalized spacial score (nSPS) is 12.8. The summed E-state index contributed by atoms with van der Waals surface area (Å²) >= 11 is 1.56. The van der Waals surface area contributed by atoms with Crippen LogP contribution in [0.2, 0.25) is 0 Å². The van der Waals surface area contributed by atoms with Crippen molar-refractivity contribution in [2.45, 2.75) is 33.1 Å². The minimum Gasteiger partial charge on any atom is -0.481 e. The maximum atomic E-state index is 10.9. The van der Waals surface area contributed by atoms with Gasteiger partial charge in [0, 0.05) is 4.88 Å². The molecule has 1 aromatic rings. The molecule has 4 heteroatoms. The Morgan fingerprint density at radius 2 is 2.23 bits per heavy atom. The standard InChI is InChI=1S/C9H13NO2S/c1-4-7(9(11)12)8-5(2)13-6(3)10-8/h7H,4H2,1-3H3,(H,11,12). The second-order valence-corrected chi connectivity index (χ2v) is 4.38. The van der Waals surface area contributed by atoms with Gasteiger partial charge in [-0.25, -0.2) is 4.98 Å². The molecule has 0 bridgehead atoms. The highest BCUT2D eigenvalue weighted by Crippen LogP contribution is 2.26. The van der Waals surface area contributed by atoms with Gasteiger partial charge in [0.15, 0.2) is 0 Å². The predicted molar refractivity (Wildman–Crippen MR) is 52.3 cm³/mol. The van der Waals surface area contributed by atoms with Crippen LogP contribution in [0.5, 0.6) is 0 Å². The summed E-state index contributed by atoms with van der Waals surface area (Å²) in [5, 5.41) is 9.86. The van der Waals surface area contributed by atoms with Gasteiger partial charge in [0.2, 0.25) is 0 Å². The van der Waals surface area contributed by atoms with Crippen LogP contribution in [-0.2, 0) is 4.79 Å². The fourth-order valence-corrected chi connectivity index (χ4v) is 2.23. The smallest absolute Gasteiger partial charge is 0.312 e. The van der Waals surface area contributed by atoms with Gasteiger partial charge in [-0.05, 0) is 20.3 Å². The van der Waals surface area contributed by atoms with Gasteiger partial charge in [-0.3, -0.25) is 4.79 Å². The van der Waals surface area contributed by atoms with Crippen molar-refractivity contribution in [1.82, 2.24) is 4.98 Å². The molecule has 0 aliphatic heterocycles. The first kappa shape index (κ1) is 10.2. The van der Waals surface area contributed by atoms with Crippen LogP contribution in [0, 0.1) is 13.8 Å². The van der Waals surface area contributed by atoms with Gasteiger partial charge in [0.05, 0.1) is 16.6 Å². The first-order chi connectivity index (χ1) is 6.06. The number of aliphatic carboxylic acids is 1. The van der Waals surface area contributed by atoms with Gasteiger partial charge in [0.1, 0.15) is 0 Å². The van der Waals surface area contributed by atoms with Gasteiger partial charge in [0.25, 0.3) is 0 Å². The van der Waals surface area contributed by atoms with Gasteiger partial charge >= 0.3 is 5.97 Å². The maximum absolute atomic E-state index is 10.9. The SMILES string of the molecule is CCC(C(=O)O)c1nc(C)sc1C. The summed E-state index contributed by atoms with van der Waals surface area (Å²) in [6.07, 6.45) is 0.597. The first-order valence-electron chi connectivity index (χ1n) is 4.23. The molecule has 0 saturated carbocycles. The Bertz CT molecular complexity index is 319. The fraction of sp³-hybridized carbons (Fsp3) is 0.556. The van der Waals surface area contributed by atoms with E-state index in [4.69, 9.17) is 5.11 Å². The highest BCUT2D eigenvalue weighted by atomic mass is 32.1. The molecule has 1 atom stereocenters. The summed E-state index contributed by atoms with van der Waals surface area (Å²) in [7, 11) is 0. The molecule has 0 aromatic carbocycles. The molecule has 1 aromatic heterocycles. The average Bonchev–Trinajstić information content (AvgIpc) is 2.31. The van der Waals surface area contributed by atoms with Gasteiger partial charge in [-0.15, -0.1) is 11.3 Å². The van der Waals surface area contributed by atoms with Crippen LogP contribution in [0.3, 0.4) is 0 Å². The number of thiazole rings is 1. The second kappa shape index (κ2) is 3.87. The van der Waals surface area contributed by atoms with E-state index in [0.29, 0.717) is 6.42 Å². The lowest BCUT2D eigenvalue weighted by atomic mass is 10.0. The molecular formula is C9H13NO2S. The van der Waals surface area contributed by atoms with Crippen molar-refractivity contribution in [3.8, 4) is 0 Å². The molecule has 0 spiro atoms. The summed E-state index contributed by atoms with van der Waals surface area (Å²) in [5.74, 6) is -1.22. The zero-order chi connectivity index (χ0) is 10.0. The van der Waals surface area contributed by atoms with Crippen molar-refractivity contribution in [2.75, 3.05) is 0 Å². The third-order valence-electron chi connectivity index (χ3n) is 1.98. The Labute approximate surface area is 81.4 Å². The Morgan fingerprint density at radius 1 is 1.62 bits per heavy atom. The third-order valence-corrected chi connectivity index (χ3v) is 2.88. The van der Waals surface area contributed by atoms with Crippen LogP contribution >= 0.6 is 11.3 Å². The Morgan fingerprint density at radius 3 is 2.54 bits per heavy atom. The highest BCUT2D eigenvalue weighted by Gasteiger charge is 2.22. The number of aryl methyl sites for hydroxylation is 2. The molecule has 0 aliphatic rings. The Balaban J connectivity index is 3.04. The molecule has 1 rings (SSSR count). The monoisotopic (exact) mass is 199 g/mol. The maximum Gasteiger partial charge on any atom is 0.312 e. The van der Waals surface area contributed by atoms with Crippen LogP contribution in [0.15, 0.2) is 0 Å². The van der Waals surface area contributed by atoms with Crippen LogP contribution in [-0.4, -0.2) is 16.1 Å². The third kappa shape index (κ3) is 2.06. The number of nitrogens with zero attached hydrogens (tertiary/aromatic N) is 1. The van der Waals surface area contributed by atoms with Gasteiger partial charge in [-0.2, -0.15) is 0 Å². The Hall–Kier alpha value is -0.900. The number of carboxylic acids is 1. The van der Waals surface area contributed by atoms with Crippen LogP contribution in [0.25, 0.3) is 0 Å². The van der Waals surface area contributed by atoms with Crippen molar-refractivity contribution in [3.05, 3.63) is 15.6 Å². The lowest BCUT2D eigenvalue weighted by Crippen LogP contribution is -2.11. The van der Waals surface area contributed by atoms with Crippen LogP contribution in [0.1, 0.15) is 34.8 Å². The predicted octanol–water partition coefficient (Wildman–Crippen LogP) is 2.34. The van der Waals surface area contributed by atoms with E-state index < -0.39 is 11.9 Å². The fourth-order valence-electron chi connectivity index (χ4n) is 1.35. The van der Waals surface area contributed by atoms with Crippen molar-refractivity contribution < 1.29 is 9.90 Å². The largest absolute Gasteiger partial charge is 0.481 e. The molecule has 1 heterocycles. The number of rotatable bonds is 3. The van der Waals surface area contributed by atoms with Crippen molar-refractivity contribution >= 4 is 17.3 Å². The van der Waals surface area contributed by atoms with Gasteiger partial charge in [-0.1, -0.05) is 6.92 Å². The van der Waals surface area contributed by atoms with Crippen molar-refractivity contribution in [1.29, 1.82) is 0 Å². The Kier molecular flexibility index (Phi) is 3.03. The molecular weight excluding hydrogens is 186 g/mol. The topological polar surface area (TPSA) is 50.2 Å². The number of carboxylic acid groups (broad SMARTS) is 1. The molecule has 0 saturated heterocycles. The van der Waals surface area contributed by atoms with E-state index >= 15 is 0 Å². The van der Waals surface area contributed by atoms with Crippen LogP contribution < -0.4 is 0 Å². The lowest BCUT2D eigenvalue weighted by Gasteiger charge is -2.06. The lowest BCUT2D eigenvalue weighted by molar-refractivity contribution is -0.138. The molecule has 13 heavy (non-hydrogen) atoms. The summed E-state index contributed by atoms with van der Waals surface area (Å²) in [6, 6.07) is 0. The van der Waals surface area contributed by atoms with Crippen molar-refractivity contribution in [3.63, 3.8) is 0 Å². The quantitative estimate of drug-likeness (QED) is 0.812. The molecule has 3 nitrogen and oxygen atoms in total. The zero-order valence-electron chi connectivity index (χ0n) is 8.00. The second-order valence-electron chi connectivity index (χ2n) is 2.97. The molecule has 0 aliphatic carbocycles. The van der Waals surface area contributed by atoms with E-state index in [2.05, 4.69) is 4.98 Å². The zero-order valence-corrected chi connectivity index (χ0v) is 8.81. The van der Waals surface area contributed by atoms with Crippen LogP contribution in [0.4, 0.5) is 0 Å². The van der Waals surface area contributed by atoms with E-state index in [1.807, 2.05) is 20.8 Å². The first-order valence-corrected chi connectivity index (χ1v) is 5.04. The highest BCUT2D eigenvalue weighted by molar-refractivity contribution is 7.11. The van der Waals surface area contributed by atoms with E-state index in [-0.39, 0.29) is 0 Å². The summed E-state index contributed by atoms with van der Waals surface area (Å²) in [5.41, 5.74) is 0.734. The summed E-state index contributed by atoms with van der Waals surface area (Å²) in [6.45, 7) is 5.69. The molecule has 72 valence electrons. The molecule has 1 N–H and O–H groups in total. The molecule has 0 amide bonds. The summed E-state index contributed by atoms with van der Waals surface area (Å²) < 4.78 is 0. The number of aromatic nitrogens is 1. The van der Waals surface area contributed by atoms with Crippen molar-refractivity contribution in [2.24, 2.45) is 0 Å². The minimum absolute atomic E-state index is 0.440. The average molecular weight is 199 g/mol. The van der Waals surface area contributed by atoms with E-state index in [1.54, 1.807) is 11.3 Å². The number of carbonyl (C=O) groups is 1. The number of hydrogen-bond donors (Lipinski definition) is 1. The molecule has 0 fully saturated rings. The number of hydrogen-bond acceptors (Lipinski definition) is 3. The minimum atomic E-state index is -0.782. The molecule has 0 radical (unpaired) electrons. The van der Waals surface area contributed by atoms with Gasteiger partial charge < -0.3 is 5.11 Å². The molecule has 1 unspecified atom stereocenters.